The van der Waals surface area contributed by atoms with E-state index in [1.807, 2.05) is 0 Å². The third-order valence-electron chi connectivity index (χ3n) is 3.84. The number of piperidine rings is 1. The molecule has 0 spiro atoms. The van der Waals surface area contributed by atoms with E-state index in [1.54, 1.807) is 10.9 Å². The fourth-order valence-corrected chi connectivity index (χ4v) is 2.48. The molecule has 1 fully saturated rings. The first-order valence-corrected chi connectivity index (χ1v) is 7.33. The summed E-state index contributed by atoms with van der Waals surface area (Å²) in [5.74, 6) is 0.423. The molecule has 1 aromatic rings. The summed E-state index contributed by atoms with van der Waals surface area (Å²) in [5, 5.41) is 10.7. The summed E-state index contributed by atoms with van der Waals surface area (Å²) in [7, 11) is 0. The molecule has 2 heterocycles. The van der Waals surface area contributed by atoms with E-state index >= 15 is 0 Å². The Morgan fingerprint density at radius 2 is 2.25 bits per heavy atom. The van der Waals surface area contributed by atoms with Gasteiger partial charge in [0.25, 0.3) is 5.91 Å². The monoisotopic (exact) mass is 280 g/mol. The second kappa shape index (κ2) is 7.35. The van der Waals surface area contributed by atoms with Gasteiger partial charge in [0.2, 0.25) is 0 Å². The highest BCUT2D eigenvalue weighted by Gasteiger charge is 2.19. The Morgan fingerprint density at radius 3 is 2.90 bits per heavy atom. The molecule has 7 nitrogen and oxygen atoms in total. The van der Waals surface area contributed by atoms with Gasteiger partial charge in [-0.1, -0.05) is 12.1 Å². The SMILES string of the molecule is CCN1CCC(CNC(=O)c2cn(CCN)nn2)CC1. The molecule has 1 aromatic heterocycles. The molecule has 7 heteroatoms. The quantitative estimate of drug-likeness (QED) is 0.747. The molecule has 0 aliphatic carbocycles. The topological polar surface area (TPSA) is 89.1 Å². The first kappa shape index (κ1) is 14.9. The van der Waals surface area contributed by atoms with Crippen LogP contribution >= 0.6 is 0 Å². The molecular formula is C13H24N6O. The van der Waals surface area contributed by atoms with Gasteiger partial charge < -0.3 is 16.0 Å². The average molecular weight is 280 g/mol. The summed E-state index contributed by atoms with van der Waals surface area (Å²) in [4.78, 5) is 14.4. The van der Waals surface area contributed by atoms with E-state index in [2.05, 4.69) is 27.5 Å². The number of hydrogen-bond donors (Lipinski definition) is 2. The first-order chi connectivity index (χ1) is 9.72. The van der Waals surface area contributed by atoms with Gasteiger partial charge in [-0.2, -0.15) is 0 Å². The number of nitrogens with one attached hydrogen (secondary N) is 1. The van der Waals surface area contributed by atoms with Gasteiger partial charge >= 0.3 is 0 Å². The van der Waals surface area contributed by atoms with Gasteiger partial charge in [-0.15, -0.1) is 5.10 Å². The van der Waals surface area contributed by atoms with E-state index in [0.717, 1.165) is 39.0 Å². The van der Waals surface area contributed by atoms with Crippen LogP contribution < -0.4 is 11.1 Å². The minimum absolute atomic E-state index is 0.147. The summed E-state index contributed by atoms with van der Waals surface area (Å²) in [6.45, 7) is 7.35. The van der Waals surface area contributed by atoms with Crippen LogP contribution in [0.1, 0.15) is 30.3 Å². The van der Waals surface area contributed by atoms with E-state index in [1.165, 1.54) is 0 Å². The Hall–Kier alpha value is -1.47. The van der Waals surface area contributed by atoms with Crippen molar-refractivity contribution in [1.82, 2.24) is 25.2 Å². The number of amides is 1. The molecule has 1 amide bonds. The average Bonchev–Trinajstić information content (AvgIpc) is 2.94. The lowest BCUT2D eigenvalue weighted by molar-refractivity contribution is 0.0932. The van der Waals surface area contributed by atoms with Gasteiger partial charge in [-0.3, -0.25) is 9.48 Å². The summed E-state index contributed by atoms with van der Waals surface area (Å²) >= 11 is 0. The molecule has 3 N–H and O–H groups in total. The largest absolute Gasteiger partial charge is 0.350 e. The highest BCUT2D eigenvalue weighted by atomic mass is 16.2. The second-order valence-electron chi connectivity index (χ2n) is 5.24. The fraction of sp³-hybridized carbons (Fsp3) is 0.769. The molecular weight excluding hydrogens is 256 g/mol. The molecule has 1 aliphatic heterocycles. The standard InChI is InChI=1S/C13H24N6O/c1-2-18-6-3-11(4-7-18)9-15-13(20)12-10-19(8-5-14)17-16-12/h10-11H,2-9,14H2,1H3,(H,15,20). The van der Waals surface area contributed by atoms with E-state index in [4.69, 9.17) is 5.73 Å². The number of carbonyl (C=O) groups excluding carboxylic acids is 1. The van der Waals surface area contributed by atoms with Crippen LogP contribution in [0.15, 0.2) is 6.20 Å². The van der Waals surface area contributed by atoms with Gasteiger partial charge in [0.15, 0.2) is 5.69 Å². The normalized spacial score (nSPS) is 17.3. The number of aromatic nitrogens is 3. The molecule has 20 heavy (non-hydrogen) atoms. The zero-order valence-corrected chi connectivity index (χ0v) is 12.1. The predicted octanol–water partition coefficient (Wildman–Crippen LogP) is -0.301. The number of nitrogens with two attached hydrogens (primary N) is 1. The summed E-state index contributed by atoms with van der Waals surface area (Å²) in [6, 6.07) is 0. The molecule has 0 bridgehead atoms. The van der Waals surface area contributed by atoms with Gasteiger partial charge in [-0.05, 0) is 38.4 Å². The molecule has 2 rings (SSSR count). The zero-order chi connectivity index (χ0) is 14.4. The van der Waals surface area contributed by atoms with Crippen LogP contribution in [-0.2, 0) is 6.54 Å². The molecule has 0 unspecified atom stereocenters. The number of carbonyl (C=O) groups is 1. The Labute approximate surface area is 119 Å². The minimum Gasteiger partial charge on any atom is -0.350 e. The zero-order valence-electron chi connectivity index (χ0n) is 12.1. The van der Waals surface area contributed by atoms with Gasteiger partial charge in [-0.25, -0.2) is 0 Å². The van der Waals surface area contributed by atoms with Gasteiger partial charge in [0.1, 0.15) is 0 Å². The summed E-state index contributed by atoms with van der Waals surface area (Å²) < 4.78 is 1.59. The Kier molecular flexibility index (Phi) is 5.49. The van der Waals surface area contributed by atoms with Crippen LogP contribution in [0, 0.1) is 5.92 Å². The van der Waals surface area contributed by atoms with Crippen LogP contribution in [-0.4, -0.2) is 58.5 Å². The van der Waals surface area contributed by atoms with Gasteiger partial charge in [0.05, 0.1) is 12.7 Å². The molecule has 0 saturated carbocycles. The van der Waals surface area contributed by atoms with Crippen molar-refractivity contribution in [2.75, 3.05) is 32.7 Å². The number of hydrogen-bond acceptors (Lipinski definition) is 5. The number of nitrogens with zero attached hydrogens (tertiary/aromatic N) is 4. The van der Waals surface area contributed by atoms with Crippen molar-refractivity contribution in [3.63, 3.8) is 0 Å². The Bertz CT molecular complexity index is 424. The van der Waals surface area contributed by atoms with Crippen molar-refractivity contribution in [2.24, 2.45) is 11.7 Å². The predicted molar refractivity (Wildman–Crippen MR) is 76.2 cm³/mol. The third kappa shape index (κ3) is 4.01. The maximum atomic E-state index is 12.0. The molecule has 0 aromatic carbocycles. The van der Waals surface area contributed by atoms with Crippen LogP contribution in [0.5, 0.6) is 0 Å². The lowest BCUT2D eigenvalue weighted by Crippen LogP contribution is -2.38. The Balaban J connectivity index is 1.74. The second-order valence-corrected chi connectivity index (χ2v) is 5.24. The number of likely N-dealkylation sites (tertiary alicyclic amines) is 1. The minimum atomic E-state index is -0.147. The summed E-state index contributed by atoms with van der Waals surface area (Å²) in [6.07, 6.45) is 3.93. The lowest BCUT2D eigenvalue weighted by Gasteiger charge is -2.30. The molecule has 0 radical (unpaired) electrons. The fourth-order valence-electron chi connectivity index (χ4n) is 2.48. The van der Waals surface area contributed by atoms with Crippen LogP contribution in [0.3, 0.4) is 0 Å². The number of rotatable bonds is 6. The summed E-state index contributed by atoms with van der Waals surface area (Å²) in [5.41, 5.74) is 5.80. The van der Waals surface area contributed by atoms with Crippen molar-refractivity contribution < 1.29 is 4.79 Å². The highest BCUT2D eigenvalue weighted by Crippen LogP contribution is 2.15. The van der Waals surface area contributed by atoms with Crippen molar-refractivity contribution >= 4 is 5.91 Å². The molecule has 1 aliphatic rings. The van der Waals surface area contributed by atoms with E-state index in [0.29, 0.717) is 24.7 Å². The van der Waals surface area contributed by atoms with Crippen molar-refractivity contribution in [3.8, 4) is 0 Å². The van der Waals surface area contributed by atoms with Crippen molar-refractivity contribution in [3.05, 3.63) is 11.9 Å². The van der Waals surface area contributed by atoms with Crippen LogP contribution in [0.25, 0.3) is 0 Å². The van der Waals surface area contributed by atoms with Crippen molar-refractivity contribution in [2.45, 2.75) is 26.3 Å². The molecule has 1 saturated heterocycles. The van der Waals surface area contributed by atoms with Gasteiger partial charge in [0, 0.05) is 13.1 Å². The van der Waals surface area contributed by atoms with E-state index in [-0.39, 0.29) is 5.91 Å². The molecule has 112 valence electrons. The van der Waals surface area contributed by atoms with Crippen molar-refractivity contribution in [1.29, 1.82) is 0 Å². The van der Waals surface area contributed by atoms with Crippen LogP contribution in [0.2, 0.25) is 0 Å². The van der Waals surface area contributed by atoms with E-state index < -0.39 is 0 Å². The maximum Gasteiger partial charge on any atom is 0.273 e. The first-order valence-electron chi connectivity index (χ1n) is 7.33. The maximum absolute atomic E-state index is 12.0. The van der Waals surface area contributed by atoms with Crippen LogP contribution in [0.4, 0.5) is 0 Å². The highest BCUT2D eigenvalue weighted by molar-refractivity contribution is 5.91. The van der Waals surface area contributed by atoms with E-state index in [9.17, 15) is 4.79 Å². The Morgan fingerprint density at radius 1 is 1.50 bits per heavy atom. The lowest BCUT2D eigenvalue weighted by atomic mass is 9.97. The molecule has 0 atom stereocenters. The smallest absolute Gasteiger partial charge is 0.273 e. The third-order valence-corrected chi connectivity index (χ3v) is 3.84.